The molecule has 1 heterocycles. The first kappa shape index (κ1) is 22.2. The van der Waals surface area contributed by atoms with Crippen LogP contribution in [0, 0.1) is 0 Å². The van der Waals surface area contributed by atoms with Gasteiger partial charge in [0.2, 0.25) is 21.8 Å². The number of methoxy groups -OCH3 is 1. The number of sulfonamides is 1. The number of rotatable bonds is 8. The quantitative estimate of drug-likeness (QED) is 0.654. The van der Waals surface area contributed by atoms with Gasteiger partial charge >= 0.3 is 0 Å². The summed E-state index contributed by atoms with van der Waals surface area (Å²) in [5.74, 6) is 0.259. The highest BCUT2D eigenvalue weighted by Crippen LogP contribution is 2.16. The van der Waals surface area contributed by atoms with Gasteiger partial charge in [-0.05, 0) is 37.5 Å². The lowest BCUT2D eigenvalue weighted by Crippen LogP contribution is -2.53. The van der Waals surface area contributed by atoms with Crippen molar-refractivity contribution in [1.82, 2.24) is 14.9 Å². The summed E-state index contributed by atoms with van der Waals surface area (Å²) in [5, 5.41) is 5.66. The smallest absolute Gasteiger partial charge is 0.243 e. The Hall–Kier alpha value is -2.13. The number of benzene rings is 1. The van der Waals surface area contributed by atoms with E-state index in [1.54, 1.807) is 14.0 Å². The normalized spacial score (nSPS) is 17.0. The lowest BCUT2D eigenvalue weighted by Gasteiger charge is -2.32. The first-order chi connectivity index (χ1) is 13.2. The Bertz CT molecular complexity index is 771. The molecule has 28 heavy (non-hydrogen) atoms. The van der Waals surface area contributed by atoms with Gasteiger partial charge in [-0.3, -0.25) is 9.59 Å². The molecule has 0 aliphatic carbocycles. The predicted molar refractivity (Wildman–Crippen MR) is 107 cm³/mol. The van der Waals surface area contributed by atoms with E-state index >= 15 is 0 Å². The molecular formula is C19H29N3O5S. The van der Waals surface area contributed by atoms with E-state index in [1.807, 2.05) is 24.3 Å². The summed E-state index contributed by atoms with van der Waals surface area (Å²) in [5.41, 5.74) is 0.901. The second kappa shape index (κ2) is 9.88. The van der Waals surface area contributed by atoms with Gasteiger partial charge < -0.3 is 15.4 Å². The molecule has 1 atom stereocenters. The summed E-state index contributed by atoms with van der Waals surface area (Å²) in [6.45, 7) is 3.79. The van der Waals surface area contributed by atoms with Crippen LogP contribution in [0.1, 0.15) is 32.3 Å². The van der Waals surface area contributed by atoms with Crippen LogP contribution in [-0.4, -0.2) is 62.6 Å². The number of hydrogen-bond donors (Lipinski definition) is 2. The second-order valence-corrected chi connectivity index (χ2v) is 9.15. The number of hydrogen-bond acceptors (Lipinski definition) is 5. The van der Waals surface area contributed by atoms with Crippen molar-refractivity contribution in [3.05, 3.63) is 29.8 Å². The molecule has 0 radical (unpaired) electrons. The fraction of sp³-hybridized carbons (Fsp3) is 0.579. The van der Waals surface area contributed by atoms with Crippen LogP contribution in [0.15, 0.2) is 24.3 Å². The van der Waals surface area contributed by atoms with Crippen LogP contribution >= 0.6 is 0 Å². The average Bonchev–Trinajstić information content (AvgIpc) is 2.68. The van der Waals surface area contributed by atoms with E-state index in [-0.39, 0.29) is 23.6 Å². The number of nitrogens with zero attached hydrogens (tertiary/aromatic N) is 1. The molecule has 1 aliphatic heterocycles. The van der Waals surface area contributed by atoms with Crippen LogP contribution in [0.5, 0.6) is 5.75 Å². The van der Waals surface area contributed by atoms with Crippen molar-refractivity contribution >= 4 is 21.8 Å². The molecular weight excluding hydrogens is 382 g/mol. The summed E-state index contributed by atoms with van der Waals surface area (Å²) < 4.78 is 30.5. The maximum Gasteiger partial charge on any atom is 0.243 e. The third-order valence-corrected chi connectivity index (χ3v) is 6.73. The van der Waals surface area contributed by atoms with E-state index < -0.39 is 16.1 Å². The van der Waals surface area contributed by atoms with Crippen molar-refractivity contribution < 1.29 is 22.7 Å². The van der Waals surface area contributed by atoms with Gasteiger partial charge in [0.05, 0.1) is 12.9 Å². The highest BCUT2D eigenvalue weighted by molar-refractivity contribution is 7.89. The first-order valence-corrected chi connectivity index (χ1v) is 11.0. The number of amides is 2. The van der Waals surface area contributed by atoms with Gasteiger partial charge in [0, 0.05) is 32.5 Å². The minimum Gasteiger partial charge on any atom is -0.497 e. The van der Waals surface area contributed by atoms with Crippen molar-refractivity contribution in [3.8, 4) is 5.75 Å². The van der Waals surface area contributed by atoms with Gasteiger partial charge in [-0.25, -0.2) is 12.7 Å². The van der Waals surface area contributed by atoms with Crippen LogP contribution in [0.4, 0.5) is 0 Å². The molecule has 1 aromatic rings. The minimum atomic E-state index is -3.20. The Morgan fingerprint density at radius 2 is 1.82 bits per heavy atom. The SMILES string of the molecule is CCS(=O)(=O)N1CCC(NC(=O)C(Cc2ccc(OC)cc2)NC(C)=O)CC1. The fourth-order valence-electron chi connectivity index (χ4n) is 3.21. The second-order valence-electron chi connectivity index (χ2n) is 6.89. The van der Waals surface area contributed by atoms with Gasteiger partial charge in [-0.2, -0.15) is 0 Å². The Morgan fingerprint density at radius 3 is 2.32 bits per heavy atom. The van der Waals surface area contributed by atoms with Gasteiger partial charge in [-0.15, -0.1) is 0 Å². The molecule has 156 valence electrons. The third kappa shape index (κ3) is 6.20. The van der Waals surface area contributed by atoms with Crippen LogP contribution < -0.4 is 15.4 Å². The zero-order valence-electron chi connectivity index (χ0n) is 16.6. The molecule has 0 spiro atoms. The van der Waals surface area contributed by atoms with Crippen molar-refractivity contribution in [2.45, 2.75) is 45.2 Å². The van der Waals surface area contributed by atoms with Crippen LogP contribution in [0.25, 0.3) is 0 Å². The largest absolute Gasteiger partial charge is 0.497 e. The Labute approximate surface area is 166 Å². The van der Waals surface area contributed by atoms with E-state index in [4.69, 9.17) is 4.74 Å². The highest BCUT2D eigenvalue weighted by Gasteiger charge is 2.29. The summed E-state index contributed by atoms with van der Waals surface area (Å²) in [6, 6.07) is 6.53. The van der Waals surface area contributed by atoms with Gasteiger partial charge in [0.15, 0.2) is 0 Å². The molecule has 0 aromatic heterocycles. The molecule has 0 saturated carbocycles. The Balaban J connectivity index is 1.96. The molecule has 2 N–H and O–H groups in total. The van der Waals surface area contributed by atoms with Crippen molar-refractivity contribution in [3.63, 3.8) is 0 Å². The summed E-state index contributed by atoms with van der Waals surface area (Å²) in [4.78, 5) is 24.3. The molecule has 2 rings (SSSR count). The number of carbonyl (C=O) groups excluding carboxylic acids is 2. The van der Waals surface area contributed by atoms with E-state index in [9.17, 15) is 18.0 Å². The van der Waals surface area contributed by atoms with E-state index in [0.29, 0.717) is 32.4 Å². The lowest BCUT2D eigenvalue weighted by atomic mass is 10.0. The summed E-state index contributed by atoms with van der Waals surface area (Å²) in [6.07, 6.45) is 1.47. The highest BCUT2D eigenvalue weighted by atomic mass is 32.2. The Kier molecular flexibility index (Phi) is 7.82. The maximum atomic E-state index is 12.7. The standard InChI is InChI=1S/C19H29N3O5S/c1-4-28(25,26)22-11-9-16(10-12-22)21-19(24)18(20-14(2)23)13-15-5-7-17(27-3)8-6-15/h5-8,16,18H,4,9-13H2,1-3H3,(H,20,23)(H,21,24). The van der Waals surface area contributed by atoms with Gasteiger partial charge in [0.1, 0.15) is 11.8 Å². The predicted octanol–water partition coefficient (Wildman–Crippen LogP) is 0.673. The van der Waals surface area contributed by atoms with Crippen molar-refractivity contribution in [2.24, 2.45) is 0 Å². The number of nitrogens with one attached hydrogen (secondary N) is 2. The molecule has 8 nitrogen and oxygen atoms in total. The molecule has 2 amide bonds. The molecule has 1 saturated heterocycles. The summed E-state index contributed by atoms with van der Waals surface area (Å²) in [7, 11) is -1.62. The fourth-order valence-corrected chi connectivity index (χ4v) is 4.35. The van der Waals surface area contributed by atoms with Crippen molar-refractivity contribution in [2.75, 3.05) is 26.0 Å². The topological polar surface area (TPSA) is 105 Å². The third-order valence-electron chi connectivity index (χ3n) is 4.85. The molecule has 9 heteroatoms. The average molecular weight is 412 g/mol. The monoisotopic (exact) mass is 411 g/mol. The van der Waals surface area contributed by atoms with Crippen LogP contribution in [-0.2, 0) is 26.0 Å². The molecule has 1 fully saturated rings. The maximum absolute atomic E-state index is 12.7. The van der Waals surface area contributed by atoms with E-state index in [2.05, 4.69) is 10.6 Å². The molecule has 0 bridgehead atoms. The van der Waals surface area contributed by atoms with Crippen LogP contribution in [0.2, 0.25) is 0 Å². The van der Waals surface area contributed by atoms with E-state index in [1.165, 1.54) is 11.2 Å². The number of carbonyl (C=O) groups is 2. The first-order valence-electron chi connectivity index (χ1n) is 9.43. The van der Waals surface area contributed by atoms with Gasteiger partial charge in [0.25, 0.3) is 0 Å². The zero-order chi connectivity index (χ0) is 20.7. The number of ether oxygens (including phenoxy) is 1. The molecule has 1 aromatic carbocycles. The Morgan fingerprint density at radius 1 is 1.21 bits per heavy atom. The van der Waals surface area contributed by atoms with E-state index in [0.717, 1.165) is 11.3 Å². The molecule has 1 aliphatic rings. The number of piperidine rings is 1. The summed E-state index contributed by atoms with van der Waals surface area (Å²) >= 11 is 0. The minimum absolute atomic E-state index is 0.0799. The van der Waals surface area contributed by atoms with Crippen LogP contribution in [0.3, 0.4) is 0 Å². The van der Waals surface area contributed by atoms with Gasteiger partial charge in [-0.1, -0.05) is 12.1 Å². The lowest BCUT2D eigenvalue weighted by molar-refractivity contribution is -0.128. The zero-order valence-corrected chi connectivity index (χ0v) is 17.4. The molecule has 1 unspecified atom stereocenters. The van der Waals surface area contributed by atoms with Crippen molar-refractivity contribution in [1.29, 1.82) is 0 Å².